The number of morpholine rings is 1. The predicted molar refractivity (Wildman–Crippen MR) is 76.1 cm³/mol. The van der Waals surface area contributed by atoms with Gasteiger partial charge in [0.1, 0.15) is 0 Å². The highest BCUT2D eigenvalue weighted by Crippen LogP contribution is 2.61. The van der Waals surface area contributed by atoms with Crippen molar-refractivity contribution >= 4 is 0 Å². The summed E-state index contributed by atoms with van der Waals surface area (Å²) in [5.74, 6) is 1.88. The van der Waals surface area contributed by atoms with Gasteiger partial charge in [0.15, 0.2) is 0 Å². The van der Waals surface area contributed by atoms with Crippen LogP contribution in [-0.4, -0.2) is 38.4 Å². The molecule has 2 N–H and O–H groups in total. The van der Waals surface area contributed by atoms with Gasteiger partial charge in [0.2, 0.25) is 0 Å². The molecule has 1 aliphatic heterocycles. The summed E-state index contributed by atoms with van der Waals surface area (Å²) in [7, 11) is 0. The molecular weight excluding hydrogens is 236 g/mol. The summed E-state index contributed by atoms with van der Waals surface area (Å²) >= 11 is 0. The summed E-state index contributed by atoms with van der Waals surface area (Å²) in [6.45, 7) is 4.16. The van der Waals surface area contributed by atoms with Gasteiger partial charge < -0.3 is 15.4 Å². The molecule has 3 heteroatoms. The van der Waals surface area contributed by atoms with Crippen LogP contribution in [0.2, 0.25) is 0 Å². The molecule has 19 heavy (non-hydrogen) atoms. The minimum absolute atomic E-state index is 0.602. The second-order valence-corrected chi connectivity index (χ2v) is 7.35. The topological polar surface area (TPSA) is 33.3 Å². The third kappa shape index (κ3) is 2.57. The van der Waals surface area contributed by atoms with Crippen molar-refractivity contribution in [1.29, 1.82) is 0 Å². The maximum Gasteiger partial charge on any atom is 0.0623 e. The van der Waals surface area contributed by atoms with Crippen molar-refractivity contribution in [2.24, 2.45) is 17.3 Å². The highest BCUT2D eigenvalue weighted by molar-refractivity contribution is 5.06. The normalized spacial score (nSPS) is 41.4. The van der Waals surface area contributed by atoms with Crippen LogP contribution in [-0.2, 0) is 4.74 Å². The van der Waals surface area contributed by atoms with E-state index in [4.69, 9.17) is 4.74 Å². The minimum atomic E-state index is 0.602. The van der Waals surface area contributed by atoms with Crippen LogP contribution in [0.5, 0.6) is 0 Å². The highest BCUT2D eigenvalue weighted by Gasteiger charge is 2.53. The Kier molecular flexibility index (Phi) is 3.33. The van der Waals surface area contributed by atoms with Gasteiger partial charge in [-0.25, -0.2) is 0 Å². The van der Waals surface area contributed by atoms with E-state index in [1.165, 1.54) is 51.5 Å². The summed E-state index contributed by atoms with van der Waals surface area (Å²) in [6, 6.07) is 1.35. The van der Waals surface area contributed by atoms with Crippen molar-refractivity contribution in [3.63, 3.8) is 0 Å². The van der Waals surface area contributed by atoms with Crippen LogP contribution in [0, 0.1) is 17.3 Å². The van der Waals surface area contributed by atoms with Crippen molar-refractivity contribution in [2.75, 3.05) is 26.3 Å². The number of ether oxygens (including phenoxy) is 1. The van der Waals surface area contributed by atoms with Crippen molar-refractivity contribution in [3.05, 3.63) is 0 Å². The Morgan fingerprint density at radius 3 is 2.74 bits per heavy atom. The van der Waals surface area contributed by atoms with Gasteiger partial charge in [-0.05, 0) is 55.8 Å². The van der Waals surface area contributed by atoms with Crippen LogP contribution in [0.1, 0.15) is 44.9 Å². The summed E-state index contributed by atoms with van der Waals surface area (Å²) in [6.07, 6.45) is 10.2. The van der Waals surface area contributed by atoms with Crippen LogP contribution < -0.4 is 10.6 Å². The van der Waals surface area contributed by atoms with Crippen molar-refractivity contribution < 1.29 is 4.74 Å². The summed E-state index contributed by atoms with van der Waals surface area (Å²) in [5, 5.41) is 7.63. The van der Waals surface area contributed by atoms with Gasteiger partial charge >= 0.3 is 0 Å². The molecule has 0 bridgehead atoms. The van der Waals surface area contributed by atoms with E-state index in [1.54, 1.807) is 0 Å². The summed E-state index contributed by atoms with van der Waals surface area (Å²) in [5.41, 5.74) is 0.740. The molecule has 0 spiro atoms. The molecule has 1 heterocycles. The number of hydrogen-bond acceptors (Lipinski definition) is 3. The van der Waals surface area contributed by atoms with E-state index in [1.807, 2.05) is 0 Å². The lowest BCUT2D eigenvalue weighted by Crippen LogP contribution is -2.51. The van der Waals surface area contributed by atoms with Crippen LogP contribution >= 0.6 is 0 Å². The number of rotatable bonds is 5. The van der Waals surface area contributed by atoms with Crippen molar-refractivity contribution in [1.82, 2.24) is 10.6 Å². The predicted octanol–water partition coefficient (Wildman–Crippen LogP) is 1.92. The molecule has 3 atom stereocenters. The first kappa shape index (κ1) is 12.6. The third-order valence-electron chi connectivity index (χ3n) is 6.09. The second kappa shape index (κ2) is 5.01. The first-order valence-electron chi connectivity index (χ1n) is 8.42. The van der Waals surface area contributed by atoms with Crippen molar-refractivity contribution in [3.8, 4) is 0 Å². The minimum Gasteiger partial charge on any atom is -0.379 e. The molecule has 4 aliphatic rings. The zero-order chi connectivity index (χ0) is 12.7. The number of nitrogens with one attached hydrogen (secondary N) is 2. The van der Waals surface area contributed by atoms with E-state index < -0.39 is 0 Å². The van der Waals surface area contributed by atoms with Gasteiger partial charge in [-0.2, -0.15) is 0 Å². The standard InChI is InChI=1S/C16H28N2O/c1-2-13(15-10-19-9-8-17-15)14(3-1)18-11-16(6-7-16)12-4-5-12/h12-15,17-18H,1-11H2. The molecule has 3 aliphatic carbocycles. The molecule has 1 saturated heterocycles. The van der Waals surface area contributed by atoms with Gasteiger partial charge in [0.05, 0.1) is 13.2 Å². The lowest BCUT2D eigenvalue weighted by Gasteiger charge is -2.33. The largest absolute Gasteiger partial charge is 0.379 e. The molecule has 0 radical (unpaired) electrons. The zero-order valence-electron chi connectivity index (χ0n) is 12.0. The third-order valence-corrected chi connectivity index (χ3v) is 6.09. The molecule has 3 unspecified atom stereocenters. The van der Waals surface area contributed by atoms with E-state index in [2.05, 4.69) is 10.6 Å². The van der Waals surface area contributed by atoms with Crippen LogP contribution in [0.3, 0.4) is 0 Å². The lowest BCUT2D eigenvalue weighted by atomic mass is 9.92. The molecular formula is C16H28N2O. The Labute approximate surface area is 116 Å². The molecule has 0 aromatic carbocycles. The van der Waals surface area contributed by atoms with Gasteiger partial charge in [0, 0.05) is 25.2 Å². The molecule has 0 aromatic rings. The first-order valence-corrected chi connectivity index (χ1v) is 8.42. The highest BCUT2D eigenvalue weighted by atomic mass is 16.5. The molecule has 108 valence electrons. The fraction of sp³-hybridized carbons (Fsp3) is 1.00. The average Bonchev–Trinajstić information content (AvgIpc) is 3.36. The molecule has 3 saturated carbocycles. The molecule has 4 fully saturated rings. The second-order valence-electron chi connectivity index (χ2n) is 7.35. The van der Waals surface area contributed by atoms with E-state index >= 15 is 0 Å². The first-order chi connectivity index (χ1) is 9.37. The van der Waals surface area contributed by atoms with Crippen LogP contribution in [0.4, 0.5) is 0 Å². The molecule has 0 aromatic heterocycles. The smallest absolute Gasteiger partial charge is 0.0623 e. The van der Waals surface area contributed by atoms with Crippen LogP contribution in [0.25, 0.3) is 0 Å². The Morgan fingerprint density at radius 1 is 1.16 bits per heavy atom. The number of hydrogen-bond donors (Lipinski definition) is 2. The maximum atomic E-state index is 5.66. The van der Waals surface area contributed by atoms with Gasteiger partial charge in [0.25, 0.3) is 0 Å². The van der Waals surface area contributed by atoms with E-state index in [9.17, 15) is 0 Å². The van der Waals surface area contributed by atoms with E-state index in [0.717, 1.165) is 43.1 Å². The van der Waals surface area contributed by atoms with Gasteiger partial charge in [-0.15, -0.1) is 0 Å². The quantitative estimate of drug-likeness (QED) is 0.796. The monoisotopic (exact) mass is 264 g/mol. The lowest BCUT2D eigenvalue weighted by molar-refractivity contribution is 0.0520. The van der Waals surface area contributed by atoms with E-state index in [0.29, 0.717) is 6.04 Å². The van der Waals surface area contributed by atoms with Crippen LogP contribution in [0.15, 0.2) is 0 Å². The zero-order valence-corrected chi connectivity index (χ0v) is 12.0. The summed E-state index contributed by atoms with van der Waals surface area (Å²) < 4.78 is 5.66. The maximum absolute atomic E-state index is 5.66. The Bertz CT molecular complexity index is 319. The van der Waals surface area contributed by atoms with Gasteiger partial charge in [-0.1, -0.05) is 6.42 Å². The van der Waals surface area contributed by atoms with Gasteiger partial charge in [-0.3, -0.25) is 0 Å². The average molecular weight is 264 g/mol. The molecule has 4 rings (SSSR count). The fourth-order valence-corrected chi connectivity index (χ4v) is 4.50. The Morgan fingerprint density at radius 2 is 2.05 bits per heavy atom. The molecule has 0 amide bonds. The fourth-order valence-electron chi connectivity index (χ4n) is 4.50. The molecule has 3 nitrogen and oxygen atoms in total. The SMILES string of the molecule is C1CC(NCC2(C3CC3)CC2)C(C2COCCN2)C1. The Balaban J connectivity index is 1.32. The Hall–Kier alpha value is -0.120. The summed E-state index contributed by atoms with van der Waals surface area (Å²) in [4.78, 5) is 0. The van der Waals surface area contributed by atoms with E-state index in [-0.39, 0.29) is 0 Å². The van der Waals surface area contributed by atoms with Crippen molar-refractivity contribution in [2.45, 2.75) is 57.0 Å².